The van der Waals surface area contributed by atoms with Crippen molar-refractivity contribution in [2.24, 2.45) is 7.05 Å². The van der Waals surface area contributed by atoms with Crippen LogP contribution in [0.5, 0.6) is 5.75 Å². The van der Waals surface area contributed by atoms with Crippen molar-refractivity contribution in [2.75, 3.05) is 31.1 Å². The molecule has 1 aliphatic heterocycles. The molecule has 0 amide bonds. The van der Waals surface area contributed by atoms with Gasteiger partial charge >= 0.3 is 0 Å². The Morgan fingerprint density at radius 3 is 2.40 bits per heavy atom. The van der Waals surface area contributed by atoms with Crippen LogP contribution in [0.2, 0.25) is 0 Å². The van der Waals surface area contributed by atoms with E-state index >= 15 is 0 Å². The Morgan fingerprint density at radius 1 is 1.00 bits per heavy atom. The molecule has 106 valence electrons. The third-order valence-electron chi connectivity index (χ3n) is 4.03. The van der Waals surface area contributed by atoms with E-state index in [2.05, 4.69) is 39.7 Å². The summed E-state index contributed by atoms with van der Waals surface area (Å²) in [6.07, 6.45) is 2.09. The minimum absolute atomic E-state index is 0.378. The van der Waals surface area contributed by atoms with Gasteiger partial charge in [0.1, 0.15) is 5.75 Å². The van der Waals surface area contributed by atoms with E-state index in [0.29, 0.717) is 5.75 Å². The van der Waals surface area contributed by atoms with E-state index in [1.807, 2.05) is 18.2 Å². The number of aryl methyl sites for hydroxylation is 1. The topological polar surface area (TPSA) is 31.6 Å². The van der Waals surface area contributed by atoms with Crippen molar-refractivity contribution in [1.82, 2.24) is 9.47 Å². The van der Waals surface area contributed by atoms with E-state index in [1.165, 1.54) is 5.69 Å². The number of anilines is 1. The maximum absolute atomic E-state index is 9.91. The van der Waals surface area contributed by atoms with E-state index < -0.39 is 0 Å². The first-order valence-electron chi connectivity index (χ1n) is 7.09. The second kappa shape index (κ2) is 5.59. The summed E-state index contributed by atoms with van der Waals surface area (Å²) in [6.45, 7) is 4.97. The van der Waals surface area contributed by atoms with E-state index in [9.17, 15) is 5.11 Å². The Bertz CT molecular complexity index is 571. The minimum atomic E-state index is 0.378. The van der Waals surface area contributed by atoms with Gasteiger partial charge in [0, 0.05) is 51.7 Å². The SMILES string of the molecule is Cn1cccc1CN1CCN(c2ccccc2O)CC1. The lowest BCUT2D eigenvalue weighted by Gasteiger charge is -2.36. The van der Waals surface area contributed by atoms with Crippen molar-refractivity contribution >= 4 is 5.69 Å². The third-order valence-corrected chi connectivity index (χ3v) is 4.03. The molecule has 2 heterocycles. The fraction of sp³-hybridized carbons (Fsp3) is 0.375. The molecule has 3 rings (SSSR count). The first-order valence-corrected chi connectivity index (χ1v) is 7.09. The summed E-state index contributed by atoms with van der Waals surface area (Å²) in [5.74, 6) is 0.378. The number of phenolic OH excluding ortho intramolecular Hbond substituents is 1. The van der Waals surface area contributed by atoms with Crippen LogP contribution >= 0.6 is 0 Å². The molecule has 1 saturated heterocycles. The van der Waals surface area contributed by atoms with Gasteiger partial charge in [-0.3, -0.25) is 4.90 Å². The first kappa shape index (κ1) is 13.1. The minimum Gasteiger partial charge on any atom is -0.506 e. The molecular weight excluding hydrogens is 250 g/mol. The Labute approximate surface area is 119 Å². The lowest BCUT2D eigenvalue weighted by atomic mass is 10.2. The predicted molar refractivity (Wildman–Crippen MR) is 81.0 cm³/mol. The molecule has 20 heavy (non-hydrogen) atoms. The molecule has 4 heteroatoms. The molecule has 0 atom stereocenters. The van der Waals surface area contributed by atoms with Gasteiger partial charge in [0.15, 0.2) is 0 Å². The molecule has 2 aromatic rings. The van der Waals surface area contributed by atoms with Gasteiger partial charge in [-0.15, -0.1) is 0 Å². The van der Waals surface area contributed by atoms with Gasteiger partial charge in [0.25, 0.3) is 0 Å². The largest absolute Gasteiger partial charge is 0.506 e. The molecule has 0 radical (unpaired) electrons. The van der Waals surface area contributed by atoms with Gasteiger partial charge in [-0.1, -0.05) is 12.1 Å². The summed E-state index contributed by atoms with van der Waals surface area (Å²) in [6, 6.07) is 11.9. The number of piperazine rings is 1. The van der Waals surface area contributed by atoms with Crippen LogP contribution in [0, 0.1) is 0 Å². The summed E-state index contributed by atoms with van der Waals surface area (Å²) in [4.78, 5) is 4.72. The Hall–Kier alpha value is -1.94. The van der Waals surface area contributed by atoms with E-state index in [-0.39, 0.29) is 0 Å². The number of rotatable bonds is 3. The monoisotopic (exact) mass is 271 g/mol. The van der Waals surface area contributed by atoms with Crippen molar-refractivity contribution in [3.8, 4) is 5.75 Å². The molecule has 0 aliphatic carbocycles. The highest BCUT2D eigenvalue weighted by molar-refractivity contribution is 5.57. The van der Waals surface area contributed by atoms with Crippen LogP contribution in [0.3, 0.4) is 0 Å². The highest BCUT2D eigenvalue weighted by Gasteiger charge is 2.19. The Kier molecular flexibility index (Phi) is 3.65. The van der Waals surface area contributed by atoms with E-state index in [4.69, 9.17) is 0 Å². The van der Waals surface area contributed by atoms with Crippen LogP contribution in [-0.2, 0) is 13.6 Å². The van der Waals surface area contributed by atoms with Crippen LogP contribution in [-0.4, -0.2) is 40.8 Å². The molecule has 1 fully saturated rings. The number of phenols is 1. The maximum Gasteiger partial charge on any atom is 0.138 e. The predicted octanol–water partition coefficient (Wildman–Crippen LogP) is 2.05. The van der Waals surface area contributed by atoms with Gasteiger partial charge in [-0.05, 0) is 24.3 Å². The smallest absolute Gasteiger partial charge is 0.138 e. The maximum atomic E-state index is 9.91. The van der Waals surface area contributed by atoms with Crippen LogP contribution < -0.4 is 4.90 Å². The van der Waals surface area contributed by atoms with E-state index in [1.54, 1.807) is 6.07 Å². The lowest BCUT2D eigenvalue weighted by Crippen LogP contribution is -2.46. The average molecular weight is 271 g/mol. The van der Waals surface area contributed by atoms with Gasteiger partial charge in [0.2, 0.25) is 0 Å². The van der Waals surface area contributed by atoms with Crippen LogP contribution in [0.1, 0.15) is 5.69 Å². The second-order valence-electron chi connectivity index (χ2n) is 5.36. The summed E-state index contributed by atoms with van der Waals surface area (Å²) in [5, 5.41) is 9.91. The first-order chi connectivity index (χ1) is 9.74. The molecule has 1 aliphatic rings. The molecule has 0 unspecified atom stereocenters. The summed E-state index contributed by atoms with van der Waals surface area (Å²) >= 11 is 0. The quantitative estimate of drug-likeness (QED) is 0.927. The molecule has 0 bridgehead atoms. The van der Waals surface area contributed by atoms with Crippen molar-refractivity contribution in [2.45, 2.75) is 6.54 Å². The zero-order chi connectivity index (χ0) is 13.9. The zero-order valence-electron chi connectivity index (χ0n) is 11.9. The Morgan fingerprint density at radius 2 is 1.75 bits per heavy atom. The van der Waals surface area contributed by atoms with Crippen molar-refractivity contribution in [1.29, 1.82) is 0 Å². The third kappa shape index (κ3) is 2.65. The fourth-order valence-electron chi connectivity index (χ4n) is 2.77. The highest BCUT2D eigenvalue weighted by Crippen LogP contribution is 2.27. The molecular formula is C16H21N3O. The number of benzene rings is 1. The molecule has 1 aromatic carbocycles. The molecule has 0 spiro atoms. The van der Waals surface area contributed by atoms with Gasteiger partial charge in [-0.25, -0.2) is 0 Å². The highest BCUT2D eigenvalue weighted by atomic mass is 16.3. The van der Waals surface area contributed by atoms with Crippen molar-refractivity contribution in [3.63, 3.8) is 0 Å². The normalized spacial score (nSPS) is 16.6. The van der Waals surface area contributed by atoms with Crippen LogP contribution in [0.15, 0.2) is 42.6 Å². The molecule has 4 nitrogen and oxygen atoms in total. The number of para-hydroxylation sites is 2. The van der Waals surface area contributed by atoms with Gasteiger partial charge in [0.05, 0.1) is 5.69 Å². The molecule has 0 saturated carbocycles. The van der Waals surface area contributed by atoms with Crippen molar-refractivity contribution < 1.29 is 5.11 Å². The number of hydrogen-bond acceptors (Lipinski definition) is 3. The standard InChI is InChI=1S/C16H21N3O/c1-17-8-4-5-14(17)13-18-9-11-19(12-10-18)15-6-2-3-7-16(15)20/h2-8,20H,9-13H2,1H3. The van der Waals surface area contributed by atoms with Gasteiger partial charge < -0.3 is 14.6 Å². The summed E-state index contributed by atoms with van der Waals surface area (Å²) in [5.41, 5.74) is 2.30. The summed E-state index contributed by atoms with van der Waals surface area (Å²) in [7, 11) is 2.09. The lowest BCUT2D eigenvalue weighted by molar-refractivity contribution is 0.244. The number of aromatic hydroxyl groups is 1. The fourth-order valence-corrected chi connectivity index (χ4v) is 2.77. The number of hydrogen-bond donors (Lipinski definition) is 1. The van der Waals surface area contributed by atoms with E-state index in [0.717, 1.165) is 38.4 Å². The second-order valence-corrected chi connectivity index (χ2v) is 5.36. The van der Waals surface area contributed by atoms with Gasteiger partial charge in [-0.2, -0.15) is 0 Å². The Balaban J connectivity index is 1.60. The van der Waals surface area contributed by atoms with Crippen molar-refractivity contribution in [3.05, 3.63) is 48.3 Å². The molecule has 1 N–H and O–H groups in total. The number of nitrogens with zero attached hydrogens (tertiary/aromatic N) is 3. The van der Waals surface area contributed by atoms with Crippen LogP contribution in [0.4, 0.5) is 5.69 Å². The zero-order valence-corrected chi connectivity index (χ0v) is 11.9. The summed E-state index contributed by atoms with van der Waals surface area (Å²) < 4.78 is 2.18. The average Bonchev–Trinajstić information content (AvgIpc) is 2.86. The number of aromatic nitrogens is 1. The van der Waals surface area contributed by atoms with Crippen LogP contribution in [0.25, 0.3) is 0 Å². The molecule has 1 aromatic heterocycles.